The van der Waals surface area contributed by atoms with Crippen LogP contribution in [0.25, 0.3) is 0 Å². The van der Waals surface area contributed by atoms with Gasteiger partial charge in [-0.1, -0.05) is 0 Å². The summed E-state index contributed by atoms with van der Waals surface area (Å²) in [6, 6.07) is 0. The highest BCUT2D eigenvalue weighted by atomic mass is 16.5. The van der Waals surface area contributed by atoms with E-state index in [1.807, 2.05) is 24.7 Å². The highest BCUT2D eigenvalue weighted by Crippen LogP contribution is 2.07. The lowest BCUT2D eigenvalue weighted by atomic mass is 10.4. The number of ether oxygens (including phenoxy) is 1. The Hall–Kier alpha value is -1.43. The Kier molecular flexibility index (Phi) is 3.90. The molecule has 1 rings (SSSR count). The lowest BCUT2D eigenvalue weighted by Gasteiger charge is -1.97. The molecule has 13 heavy (non-hydrogen) atoms. The fraction of sp³-hybridized carbons (Fsp3) is 0.500. The number of nitrogens with zero attached hydrogens (tertiary/aromatic N) is 2. The molecule has 0 radical (unpaired) electrons. The van der Waals surface area contributed by atoms with Crippen LogP contribution in [0.5, 0.6) is 5.75 Å². The monoisotopic (exact) mass is 178 g/mol. The molecule has 0 aliphatic rings. The summed E-state index contributed by atoms with van der Waals surface area (Å²) in [5.41, 5.74) is 0. The Balaban J connectivity index is 2.31. The van der Waals surface area contributed by atoms with E-state index in [4.69, 9.17) is 4.74 Å². The van der Waals surface area contributed by atoms with Gasteiger partial charge >= 0.3 is 0 Å². The minimum atomic E-state index is 0.635. The van der Waals surface area contributed by atoms with Crippen LogP contribution < -0.4 is 4.74 Å². The number of aryl methyl sites for hydroxylation is 1. The zero-order valence-electron chi connectivity index (χ0n) is 8.08. The molecule has 70 valence electrons. The van der Waals surface area contributed by atoms with Gasteiger partial charge in [-0.3, -0.25) is 4.68 Å². The normalized spacial score (nSPS) is 9.08. The Labute approximate surface area is 78.7 Å². The van der Waals surface area contributed by atoms with Crippen LogP contribution in [-0.4, -0.2) is 16.4 Å². The standard InChI is InChI=1S/C10H14N2O/c1-3-5-6-7-13-10-8-11-12(4-2)9-10/h8-9H,4,6-7H2,1-2H3. The van der Waals surface area contributed by atoms with E-state index < -0.39 is 0 Å². The van der Waals surface area contributed by atoms with Crippen LogP contribution >= 0.6 is 0 Å². The predicted molar refractivity (Wildman–Crippen MR) is 51.5 cm³/mol. The van der Waals surface area contributed by atoms with Crippen LogP contribution in [-0.2, 0) is 6.54 Å². The van der Waals surface area contributed by atoms with Crippen molar-refractivity contribution in [2.75, 3.05) is 6.61 Å². The van der Waals surface area contributed by atoms with E-state index in [1.54, 1.807) is 6.20 Å². The summed E-state index contributed by atoms with van der Waals surface area (Å²) in [4.78, 5) is 0. The maximum absolute atomic E-state index is 5.40. The van der Waals surface area contributed by atoms with Crippen LogP contribution in [0.1, 0.15) is 20.3 Å². The molecular weight excluding hydrogens is 164 g/mol. The van der Waals surface area contributed by atoms with Crippen molar-refractivity contribution in [1.82, 2.24) is 9.78 Å². The second-order valence-electron chi connectivity index (χ2n) is 2.56. The van der Waals surface area contributed by atoms with Crippen molar-refractivity contribution in [2.24, 2.45) is 0 Å². The lowest BCUT2D eigenvalue weighted by molar-refractivity contribution is 0.326. The summed E-state index contributed by atoms with van der Waals surface area (Å²) >= 11 is 0. The summed E-state index contributed by atoms with van der Waals surface area (Å²) in [5.74, 6) is 6.58. The molecule has 3 heteroatoms. The molecule has 1 heterocycles. The summed E-state index contributed by atoms with van der Waals surface area (Å²) in [7, 11) is 0. The van der Waals surface area contributed by atoms with E-state index >= 15 is 0 Å². The first-order chi connectivity index (χ1) is 6.36. The van der Waals surface area contributed by atoms with Crippen LogP contribution in [0, 0.1) is 11.8 Å². The van der Waals surface area contributed by atoms with E-state index in [0.717, 1.165) is 18.7 Å². The van der Waals surface area contributed by atoms with Gasteiger partial charge in [0, 0.05) is 13.0 Å². The van der Waals surface area contributed by atoms with Crippen LogP contribution in [0.2, 0.25) is 0 Å². The molecule has 0 fully saturated rings. The first kappa shape index (κ1) is 9.66. The van der Waals surface area contributed by atoms with Gasteiger partial charge in [-0.15, -0.1) is 11.8 Å². The number of hydrogen-bond donors (Lipinski definition) is 0. The van der Waals surface area contributed by atoms with Gasteiger partial charge in [-0.05, 0) is 13.8 Å². The summed E-state index contributed by atoms with van der Waals surface area (Å²) in [5, 5.41) is 4.09. The molecule has 3 nitrogen and oxygen atoms in total. The van der Waals surface area contributed by atoms with Gasteiger partial charge in [-0.2, -0.15) is 5.10 Å². The van der Waals surface area contributed by atoms with E-state index in [1.165, 1.54) is 0 Å². The third kappa shape index (κ3) is 3.20. The molecule has 0 atom stereocenters. The molecule has 1 aromatic heterocycles. The van der Waals surface area contributed by atoms with Crippen LogP contribution in [0.4, 0.5) is 0 Å². The average Bonchev–Trinajstić information content (AvgIpc) is 2.60. The zero-order valence-corrected chi connectivity index (χ0v) is 8.08. The smallest absolute Gasteiger partial charge is 0.157 e. The summed E-state index contributed by atoms with van der Waals surface area (Å²) < 4.78 is 7.24. The van der Waals surface area contributed by atoms with Gasteiger partial charge in [0.15, 0.2) is 5.75 Å². The van der Waals surface area contributed by atoms with Crippen molar-refractivity contribution >= 4 is 0 Å². The molecule has 0 aliphatic carbocycles. The predicted octanol–water partition coefficient (Wildman–Crippen LogP) is 1.70. The second-order valence-corrected chi connectivity index (χ2v) is 2.56. The number of rotatable bonds is 4. The second kappa shape index (κ2) is 5.26. The molecule has 0 amide bonds. The Bertz CT molecular complexity index is 306. The minimum Gasteiger partial charge on any atom is -0.489 e. The number of hydrogen-bond acceptors (Lipinski definition) is 2. The molecule has 0 bridgehead atoms. The van der Waals surface area contributed by atoms with E-state index in [9.17, 15) is 0 Å². The number of aromatic nitrogens is 2. The molecule has 0 aliphatic heterocycles. The van der Waals surface area contributed by atoms with E-state index in [0.29, 0.717) is 6.61 Å². The third-order valence-electron chi connectivity index (χ3n) is 1.61. The first-order valence-electron chi connectivity index (χ1n) is 4.41. The van der Waals surface area contributed by atoms with E-state index in [2.05, 4.69) is 16.9 Å². The molecule has 0 saturated carbocycles. The largest absolute Gasteiger partial charge is 0.489 e. The highest BCUT2D eigenvalue weighted by Gasteiger charge is 1.95. The summed E-state index contributed by atoms with van der Waals surface area (Å²) in [6.07, 6.45) is 4.38. The summed E-state index contributed by atoms with van der Waals surface area (Å²) in [6.45, 7) is 5.38. The molecular formula is C10H14N2O. The van der Waals surface area contributed by atoms with Gasteiger partial charge in [-0.25, -0.2) is 0 Å². The van der Waals surface area contributed by atoms with Gasteiger partial charge in [0.1, 0.15) is 0 Å². The molecule has 0 unspecified atom stereocenters. The third-order valence-corrected chi connectivity index (χ3v) is 1.61. The molecule has 0 spiro atoms. The van der Waals surface area contributed by atoms with Crippen molar-refractivity contribution in [1.29, 1.82) is 0 Å². The maximum atomic E-state index is 5.40. The van der Waals surface area contributed by atoms with Gasteiger partial charge in [0.2, 0.25) is 0 Å². The Morgan fingerprint density at radius 2 is 2.46 bits per heavy atom. The Morgan fingerprint density at radius 1 is 1.62 bits per heavy atom. The van der Waals surface area contributed by atoms with Crippen molar-refractivity contribution in [2.45, 2.75) is 26.8 Å². The highest BCUT2D eigenvalue weighted by molar-refractivity contribution is 5.11. The molecule has 0 aromatic carbocycles. The van der Waals surface area contributed by atoms with Crippen molar-refractivity contribution < 1.29 is 4.74 Å². The van der Waals surface area contributed by atoms with Crippen molar-refractivity contribution in [3.8, 4) is 17.6 Å². The zero-order chi connectivity index (χ0) is 9.52. The first-order valence-corrected chi connectivity index (χ1v) is 4.41. The van der Waals surface area contributed by atoms with Crippen molar-refractivity contribution in [3.63, 3.8) is 0 Å². The lowest BCUT2D eigenvalue weighted by Crippen LogP contribution is -1.95. The molecule has 1 aromatic rings. The fourth-order valence-corrected chi connectivity index (χ4v) is 0.937. The average molecular weight is 178 g/mol. The molecule has 0 N–H and O–H groups in total. The SMILES string of the molecule is CC#CCCOc1cnn(CC)c1. The van der Waals surface area contributed by atoms with E-state index in [-0.39, 0.29) is 0 Å². The van der Waals surface area contributed by atoms with Crippen LogP contribution in [0.3, 0.4) is 0 Å². The quantitative estimate of drug-likeness (QED) is 0.518. The minimum absolute atomic E-state index is 0.635. The van der Waals surface area contributed by atoms with Crippen molar-refractivity contribution in [3.05, 3.63) is 12.4 Å². The van der Waals surface area contributed by atoms with Gasteiger partial charge in [0.25, 0.3) is 0 Å². The maximum Gasteiger partial charge on any atom is 0.157 e. The van der Waals surface area contributed by atoms with Crippen LogP contribution in [0.15, 0.2) is 12.4 Å². The van der Waals surface area contributed by atoms with Gasteiger partial charge < -0.3 is 4.74 Å². The molecule has 0 saturated heterocycles. The van der Waals surface area contributed by atoms with Gasteiger partial charge in [0.05, 0.1) is 19.0 Å². The topological polar surface area (TPSA) is 27.1 Å². The fourth-order valence-electron chi connectivity index (χ4n) is 0.937. The Morgan fingerprint density at radius 3 is 3.08 bits per heavy atom.